The number of fused-ring (bicyclic) bond motifs is 1. The Hall–Kier alpha value is -0.640. The molecule has 5 nitrogen and oxygen atoms in total. The first-order valence-electron chi connectivity index (χ1n) is 5.21. The van der Waals surface area contributed by atoms with Gasteiger partial charge in [0.1, 0.15) is 6.10 Å². The molecule has 90 valence electrons. The fourth-order valence-electron chi connectivity index (χ4n) is 2.11. The second-order valence-corrected chi connectivity index (χ2v) is 4.43. The first-order chi connectivity index (χ1) is 7.43. The first kappa shape index (κ1) is 11.8. The Morgan fingerprint density at radius 1 is 1.31 bits per heavy atom. The summed E-state index contributed by atoms with van der Waals surface area (Å²) in [5.41, 5.74) is -1.51. The van der Waals surface area contributed by atoms with Crippen molar-refractivity contribution in [3.8, 4) is 11.8 Å². The van der Waals surface area contributed by atoms with E-state index in [2.05, 4.69) is 11.8 Å². The van der Waals surface area contributed by atoms with Crippen molar-refractivity contribution in [2.45, 2.75) is 50.7 Å². The molecule has 2 fully saturated rings. The van der Waals surface area contributed by atoms with Crippen molar-refractivity contribution >= 4 is 0 Å². The van der Waals surface area contributed by atoms with E-state index in [4.69, 9.17) is 19.3 Å². The van der Waals surface area contributed by atoms with Crippen molar-refractivity contribution in [2.75, 3.05) is 6.61 Å². The Bertz CT molecular complexity index is 342. The summed E-state index contributed by atoms with van der Waals surface area (Å²) in [7, 11) is 0. The highest BCUT2D eigenvalue weighted by Crippen LogP contribution is 2.42. The smallest absolute Gasteiger partial charge is 0.191 e. The van der Waals surface area contributed by atoms with Gasteiger partial charge >= 0.3 is 0 Å². The average Bonchev–Trinajstić information content (AvgIpc) is 2.61. The average molecular weight is 228 g/mol. The lowest BCUT2D eigenvalue weighted by Gasteiger charge is -2.28. The van der Waals surface area contributed by atoms with Crippen LogP contribution in [0, 0.1) is 11.8 Å². The van der Waals surface area contributed by atoms with Gasteiger partial charge in [-0.3, -0.25) is 0 Å². The normalized spacial score (nSPS) is 44.9. The lowest BCUT2D eigenvalue weighted by Crippen LogP contribution is -2.49. The summed E-state index contributed by atoms with van der Waals surface area (Å²) in [4.78, 5) is 0. The molecule has 16 heavy (non-hydrogen) atoms. The summed E-state index contributed by atoms with van der Waals surface area (Å²) in [6.07, 6.45) is -2.17. The molecule has 0 radical (unpaired) electrons. The SMILES string of the molecule is CC#C[C@@]1(O)[C@@H](CO)O[C@@H]2OC(C)(C)O[C@@H]21. The third kappa shape index (κ3) is 1.63. The van der Waals surface area contributed by atoms with Gasteiger partial charge in [-0.15, -0.1) is 5.92 Å². The summed E-state index contributed by atoms with van der Waals surface area (Å²) in [5, 5.41) is 19.5. The molecule has 0 aromatic carbocycles. The molecule has 4 atom stereocenters. The van der Waals surface area contributed by atoms with E-state index >= 15 is 0 Å². The van der Waals surface area contributed by atoms with E-state index in [1.165, 1.54) is 0 Å². The van der Waals surface area contributed by atoms with Crippen molar-refractivity contribution in [1.82, 2.24) is 0 Å². The molecule has 0 amide bonds. The zero-order valence-electron chi connectivity index (χ0n) is 9.56. The van der Waals surface area contributed by atoms with Crippen LogP contribution in [0.25, 0.3) is 0 Å². The Labute approximate surface area is 94.3 Å². The van der Waals surface area contributed by atoms with Crippen LogP contribution in [0.4, 0.5) is 0 Å². The molecule has 0 aromatic heterocycles. The van der Waals surface area contributed by atoms with Gasteiger partial charge in [-0.05, 0) is 20.8 Å². The number of hydrogen-bond acceptors (Lipinski definition) is 5. The minimum Gasteiger partial charge on any atom is -0.394 e. The number of aliphatic hydroxyl groups is 2. The predicted octanol–water partition coefficient (Wildman–Crippen LogP) is -0.391. The Kier molecular flexibility index (Phi) is 2.73. The van der Waals surface area contributed by atoms with Crippen LogP contribution < -0.4 is 0 Å². The van der Waals surface area contributed by atoms with E-state index in [0.29, 0.717) is 0 Å². The summed E-state index contributed by atoms with van der Waals surface area (Å²) in [5.74, 6) is 4.47. The molecule has 2 aliphatic heterocycles. The summed E-state index contributed by atoms with van der Waals surface area (Å²) in [6, 6.07) is 0. The van der Waals surface area contributed by atoms with E-state index < -0.39 is 29.9 Å². The predicted molar refractivity (Wildman–Crippen MR) is 54.2 cm³/mol. The van der Waals surface area contributed by atoms with Gasteiger partial charge in [0.2, 0.25) is 0 Å². The van der Waals surface area contributed by atoms with Gasteiger partial charge < -0.3 is 24.4 Å². The molecule has 0 aliphatic carbocycles. The Morgan fingerprint density at radius 3 is 2.56 bits per heavy atom. The van der Waals surface area contributed by atoms with Gasteiger partial charge in [0.25, 0.3) is 0 Å². The van der Waals surface area contributed by atoms with Crippen molar-refractivity contribution in [3.05, 3.63) is 0 Å². The summed E-state index contributed by atoms with van der Waals surface area (Å²) < 4.78 is 16.4. The van der Waals surface area contributed by atoms with Gasteiger partial charge in [-0.1, -0.05) is 5.92 Å². The standard InChI is InChI=1S/C11H16O5/c1-4-5-11(13)7(6-12)14-9-8(11)15-10(2,3)16-9/h7-9,12-13H,6H2,1-3H3/t7-,8+,9-,11-/m1/s1. The molecule has 5 heteroatoms. The Morgan fingerprint density at radius 2 is 2.00 bits per heavy atom. The van der Waals surface area contributed by atoms with Gasteiger partial charge in [0.15, 0.2) is 23.8 Å². The molecular formula is C11H16O5. The molecule has 0 saturated carbocycles. The highest BCUT2D eigenvalue weighted by Gasteiger charge is 2.62. The van der Waals surface area contributed by atoms with E-state index in [1.807, 2.05) is 0 Å². The lowest BCUT2D eigenvalue weighted by atomic mass is 9.93. The van der Waals surface area contributed by atoms with Crippen LogP contribution in [0.5, 0.6) is 0 Å². The van der Waals surface area contributed by atoms with Crippen LogP contribution >= 0.6 is 0 Å². The zero-order chi connectivity index (χ0) is 12.0. The third-order valence-corrected chi connectivity index (χ3v) is 2.77. The van der Waals surface area contributed by atoms with Crippen molar-refractivity contribution in [1.29, 1.82) is 0 Å². The summed E-state index contributed by atoms with van der Waals surface area (Å²) in [6.45, 7) is 4.76. The zero-order valence-corrected chi connectivity index (χ0v) is 9.56. The van der Waals surface area contributed by atoms with Crippen LogP contribution in [-0.2, 0) is 14.2 Å². The van der Waals surface area contributed by atoms with E-state index in [9.17, 15) is 5.11 Å². The fourth-order valence-corrected chi connectivity index (χ4v) is 2.11. The first-order valence-corrected chi connectivity index (χ1v) is 5.21. The second kappa shape index (κ2) is 3.69. The molecule has 0 bridgehead atoms. The summed E-state index contributed by atoms with van der Waals surface area (Å²) >= 11 is 0. The monoisotopic (exact) mass is 228 g/mol. The molecule has 2 N–H and O–H groups in total. The van der Waals surface area contributed by atoms with Crippen LogP contribution in [0.2, 0.25) is 0 Å². The molecule has 2 rings (SSSR count). The van der Waals surface area contributed by atoms with Crippen LogP contribution in [-0.4, -0.2) is 46.7 Å². The Balaban J connectivity index is 2.29. The quantitative estimate of drug-likeness (QED) is 0.598. The van der Waals surface area contributed by atoms with Gasteiger partial charge in [-0.25, -0.2) is 0 Å². The third-order valence-electron chi connectivity index (χ3n) is 2.77. The number of aliphatic hydroxyl groups excluding tert-OH is 1. The second-order valence-electron chi connectivity index (χ2n) is 4.43. The number of hydrogen-bond donors (Lipinski definition) is 2. The topological polar surface area (TPSA) is 68.2 Å². The van der Waals surface area contributed by atoms with Crippen molar-refractivity contribution in [2.24, 2.45) is 0 Å². The molecule has 2 heterocycles. The minimum absolute atomic E-state index is 0.328. The molecule has 0 aromatic rings. The van der Waals surface area contributed by atoms with Crippen LogP contribution in [0.3, 0.4) is 0 Å². The molecule has 2 saturated heterocycles. The van der Waals surface area contributed by atoms with Crippen molar-refractivity contribution < 1.29 is 24.4 Å². The lowest BCUT2D eigenvalue weighted by molar-refractivity contribution is -0.225. The molecule has 0 unspecified atom stereocenters. The minimum atomic E-state index is -1.51. The number of rotatable bonds is 1. The van der Waals surface area contributed by atoms with E-state index in [1.54, 1.807) is 20.8 Å². The highest BCUT2D eigenvalue weighted by atomic mass is 16.8. The van der Waals surface area contributed by atoms with Gasteiger partial charge in [0, 0.05) is 0 Å². The highest BCUT2D eigenvalue weighted by molar-refractivity contribution is 5.23. The van der Waals surface area contributed by atoms with Crippen LogP contribution in [0.15, 0.2) is 0 Å². The number of ether oxygens (including phenoxy) is 3. The fraction of sp³-hybridized carbons (Fsp3) is 0.818. The van der Waals surface area contributed by atoms with E-state index in [-0.39, 0.29) is 6.61 Å². The largest absolute Gasteiger partial charge is 0.394 e. The maximum absolute atomic E-state index is 10.4. The molecule has 2 aliphatic rings. The van der Waals surface area contributed by atoms with Crippen molar-refractivity contribution in [3.63, 3.8) is 0 Å². The van der Waals surface area contributed by atoms with Crippen LogP contribution in [0.1, 0.15) is 20.8 Å². The van der Waals surface area contributed by atoms with Gasteiger partial charge in [0.05, 0.1) is 6.61 Å². The molecular weight excluding hydrogens is 212 g/mol. The maximum Gasteiger partial charge on any atom is 0.191 e. The van der Waals surface area contributed by atoms with E-state index in [0.717, 1.165) is 0 Å². The maximum atomic E-state index is 10.4. The molecule has 0 spiro atoms. The van der Waals surface area contributed by atoms with Gasteiger partial charge in [-0.2, -0.15) is 0 Å².